The molecule has 11 heteroatoms. The van der Waals surface area contributed by atoms with Gasteiger partial charge in [0.15, 0.2) is 0 Å². The van der Waals surface area contributed by atoms with E-state index in [-0.39, 0.29) is 52.9 Å². The fourth-order valence-electron chi connectivity index (χ4n) is 5.45. The van der Waals surface area contributed by atoms with Crippen LogP contribution in [-0.2, 0) is 46.5 Å². The molecule has 0 saturated heterocycles. The van der Waals surface area contributed by atoms with Crippen LogP contribution in [0.2, 0.25) is 0 Å². The van der Waals surface area contributed by atoms with Crippen molar-refractivity contribution >= 4 is 11.9 Å². The molecule has 0 unspecified atom stereocenters. The van der Waals surface area contributed by atoms with Crippen molar-refractivity contribution in [3.63, 3.8) is 0 Å². The molecule has 0 aliphatic carbocycles. The maximum absolute atomic E-state index is 12.4. The molecule has 0 aliphatic heterocycles. The lowest BCUT2D eigenvalue weighted by Crippen LogP contribution is -2.17. The number of ether oxygens (including phenoxy) is 5. The fraction of sp³-hybridized carbons (Fsp3) is 0.190. The van der Waals surface area contributed by atoms with Crippen molar-refractivity contribution in [1.29, 1.82) is 0 Å². The quantitative estimate of drug-likeness (QED) is 0.0692. The van der Waals surface area contributed by atoms with Gasteiger partial charge in [-0.2, -0.15) is 0 Å². The third kappa shape index (κ3) is 11.4. The molecule has 0 atom stereocenters. The van der Waals surface area contributed by atoms with Gasteiger partial charge in [-0.25, -0.2) is 9.59 Å². The van der Waals surface area contributed by atoms with Gasteiger partial charge in [-0.1, -0.05) is 0 Å². The highest BCUT2D eigenvalue weighted by atomic mass is 16.6. The molecule has 0 saturated carbocycles. The summed E-state index contributed by atoms with van der Waals surface area (Å²) in [7, 11) is 0. The second kappa shape index (κ2) is 19.5. The van der Waals surface area contributed by atoms with E-state index in [9.17, 15) is 9.59 Å². The topological polar surface area (TPSA) is 132 Å². The molecule has 0 aliphatic rings. The molecule has 0 N–H and O–H groups in total. The number of hydrogen-bond donors (Lipinski definition) is 0. The third-order valence-corrected chi connectivity index (χ3v) is 8.02. The van der Waals surface area contributed by atoms with Crippen LogP contribution in [0.5, 0.6) is 0 Å². The molecule has 6 aromatic rings. The molecule has 0 bridgehead atoms. The normalized spacial score (nSPS) is 10.9. The lowest BCUT2D eigenvalue weighted by Gasteiger charge is -2.12. The molecule has 6 rings (SSSR count). The predicted molar refractivity (Wildman–Crippen MR) is 198 cm³/mol. The van der Waals surface area contributed by atoms with Gasteiger partial charge in [-0.05, 0) is 141 Å². The summed E-state index contributed by atoms with van der Waals surface area (Å²) in [6.07, 6.45) is 13.9. The Kier molecular flexibility index (Phi) is 13.5. The molecule has 0 fully saturated rings. The van der Waals surface area contributed by atoms with E-state index in [2.05, 4.69) is 32.1 Å². The number of nitrogens with zero attached hydrogens (tertiary/aromatic N) is 4. The van der Waals surface area contributed by atoms with Crippen molar-refractivity contribution < 1.29 is 33.3 Å². The fourth-order valence-corrected chi connectivity index (χ4v) is 5.45. The van der Waals surface area contributed by atoms with Crippen LogP contribution in [0.15, 0.2) is 135 Å². The Morgan fingerprint density at radius 3 is 0.962 bits per heavy atom. The van der Waals surface area contributed by atoms with Gasteiger partial charge >= 0.3 is 11.9 Å². The Hall–Kier alpha value is -6.14. The first-order valence-corrected chi connectivity index (χ1v) is 17.0. The highest BCUT2D eigenvalue weighted by Crippen LogP contribution is 2.29. The van der Waals surface area contributed by atoms with Crippen LogP contribution >= 0.6 is 0 Å². The van der Waals surface area contributed by atoms with E-state index < -0.39 is 11.9 Å². The Labute approximate surface area is 307 Å². The van der Waals surface area contributed by atoms with Crippen LogP contribution in [0.4, 0.5) is 0 Å². The first-order chi connectivity index (χ1) is 26.1. The number of aromatic nitrogens is 4. The van der Waals surface area contributed by atoms with Crippen LogP contribution in [0, 0.1) is 0 Å². The Balaban J connectivity index is 0.866. The monoisotopic (exact) mass is 710 g/mol. The minimum atomic E-state index is -0.482. The second-order valence-corrected chi connectivity index (χ2v) is 11.8. The molecule has 4 aromatic heterocycles. The lowest BCUT2D eigenvalue weighted by atomic mass is 9.97. The molecule has 0 spiro atoms. The zero-order valence-electron chi connectivity index (χ0n) is 29.0. The number of benzene rings is 2. The van der Waals surface area contributed by atoms with E-state index in [0.29, 0.717) is 0 Å². The summed E-state index contributed by atoms with van der Waals surface area (Å²) in [5.74, 6) is -0.964. The highest BCUT2D eigenvalue weighted by molar-refractivity contribution is 5.76. The standard InChI is InChI=1S/C42H38N4O7/c47-41(52-27-31-21-37(33-1-9-43-10-2-33)25-38(22-31)34-3-11-44-12-4-34)29-50-19-17-49-18-20-51-30-42(48)53-28-32-23-39(35-5-13-45-14-6-35)26-40(24-32)36-7-15-46-16-8-36/h1-16,21-26H,17-20,27-30H2. The Morgan fingerprint density at radius 2 is 0.660 bits per heavy atom. The summed E-state index contributed by atoms with van der Waals surface area (Å²) in [5, 5.41) is 0. The second-order valence-electron chi connectivity index (χ2n) is 11.8. The van der Waals surface area contributed by atoms with Gasteiger partial charge in [0.1, 0.15) is 26.4 Å². The molecule has 0 radical (unpaired) electrons. The van der Waals surface area contributed by atoms with Gasteiger partial charge in [0.2, 0.25) is 0 Å². The maximum atomic E-state index is 12.4. The van der Waals surface area contributed by atoms with Crippen molar-refractivity contribution in [1.82, 2.24) is 19.9 Å². The third-order valence-electron chi connectivity index (χ3n) is 8.02. The zero-order chi connectivity index (χ0) is 36.5. The van der Waals surface area contributed by atoms with Gasteiger partial charge in [0, 0.05) is 49.6 Å². The van der Waals surface area contributed by atoms with Crippen molar-refractivity contribution in [2.45, 2.75) is 13.2 Å². The predicted octanol–water partition coefficient (Wildman–Crippen LogP) is 6.77. The summed E-state index contributed by atoms with van der Waals surface area (Å²) in [4.78, 5) is 41.2. The van der Waals surface area contributed by atoms with E-state index in [1.54, 1.807) is 49.6 Å². The first kappa shape index (κ1) is 36.6. The van der Waals surface area contributed by atoms with Crippen molar-refractivity contribution in [2.75, 3.05) is 39.6 Å². The van der Waals surface area contributed by atoms with E-state index in [0.717, 1.165) is 55.6 Å². The molecule has 268 valence electrons. The van der Waals surface area contributed by atoms with Crippen molar-refractivity contribution in [3.8, 4) is 44.5 Å². The van der Waals surface area contributed by atoms with Crippen LogP contribution in [-0.4, -0.2) is 71.5 Å². The van der Waals surface area contributed by atoms with Crippen molar-refractivity contribution in [2.24, 2.45) is 0 Å². The minimum absolute atomic E-state index is 0.0973. The SMILES string of the molecule is O=C(COCCOCCOCC(=O)OCc1cc(-c2ccncc2)cc(-c2ccncc2)c1)OCc1cc(-c2ccncc2)cc(-c2ccncc2)c1. The number of carbonyl (C=O) groups excluding carboxylic acids is 2. The highest BCUT2D eigenvalue weighted by Gasteiger charge is 2.11. The summed E-state index contributed by atoms with van der Waals surface area (Å²) >= 11 is 0. The van der Waals surface area contributed by atoms with Gasteiger partial charge in [0.05, 0.1) is 26.4 Å². The Morgan fingerprint density at radius 1 is 0.377 bits per heavy atom. The van der Waals surface area contributed by atoms with Crippen LogP contribution in [0.25, 0.3) is 44.5 Å². The van der Waals surface area contributed by atoms with Crippen LogP contribution < -0.4 is 0 Å². The van der Waals surface area contributed by atoms with E-state index in [4.69, 9.17) is 23.7 Å². The summed E-state index contributed by atoms with van der Waals surface area (Å²) < 4.78 is 27.3. The number of pyridine rings is 4. The lowest BCUT2D eigenvalue weighted by molar-refractivity contribution is -0.150. The van der Waals surface area contributed by atoms with Gasteiger partial charge < -0.3 is 23.7 Å². The molecule has 0 amide bonds. The largest absolute Gasteiger partial charge is 0.459 e. The summed E-state index contributed by atoms with van der Waals surface area (Å²) in [5.41, 5.74) is 9.67. The number of rotatable bonds is 18. The van der Waals surface area contributed by atoms with Crippen LogP contribution in [0.1, 0.15) is 11.1 Å². The van der Waals surface area contributed by atoms with Gasteiger partial charge in [-0.3, -0.25) is 19.9 Å². The smallest absolute Gasteiger partial charge is 0.332 e. The van der Waals surface area contributed by atoms with Crippen molar-refractivity contribution in [3.05, 3.63) is 146 Å². The average Bonchev–Trinajstić information content (AvgIpc) is 3.22. The molecular weight excluding hydrogens is 672 g/mol. The minimum Gasteiger partial charge on any atom is -0.459 e. The molecular formula is C42H38N4O7. The zero-order valence-corrected chi connectivity index (χ0v) is 29.0. The van der Waals surface area contributed by atoms with Gasteiger partial charge in [0.25, 0.3) is 0 Å². The molecule has 2 aromatic carbocycles. The first-order valence-electron chi connectivity index (χ1n) is 17.0. The number of hydrogen-bond acceptors (Lipinski definition) is 11. The molecule has 11 nitrogen and oxygen atoms in total. The molecule has 4 heterocycles. The number of esters is 2. The maximum Gasteiger partial charge on any atom is 0.332 e. The summed E-state index contributed by atoms with van der Waals surface area (Å²) in [6, 6.07) is 27.6. The summed E-state index contributed by atoms with van der Waals surface area (Å²) in [6.45, 7) is 0.670. The van der Waals surface area contributed by atoms with Gasteiger partial charge in [-0.15, -0.1) is 0 Å². The van der Waals surface area contributed by atoms with E-state index >= 15 is 0 Å². The number of carbonyl (C=O) groups is 2. The van der Waals surface area contributed by atoms with E-state index in [1.165, 1.54) is 0 Å². The van der Waals surface area contributed by atoms with E-state index in [1.807, 2.05) is 72.8 Å². The Bertz CT molecular complexity index is 1790. The average molecular weight is 711 g/mol. The van der Waals surface area contributed by atoms with Crippen LogP contribution in [0.3, 0.4) is 0 Å². The molecule has 53 heavy (non-hydrogen) atoms.